The molecule has 0 radical (unpaired) electrons. The molecule has 1 aliphatic carbocycles. The van der Waals surface area contributed by atoms with Gasteiger partial charge in [-0.3, -0.25) is 4.79 Å². The van der Waals surface area contributed by atoms with Crippen molar-refractivity contribution in [1.82, 2.24) is 5.32 Å². The molecule has 1 amide bonds. The Morgan fingerprint density at radius 2 is 2.00 bits per heavy atom. The van der Waals surface area contributed by atoms with Crippen molar-refractivity contribution in [2.45, 2.75) is 44.7 Å². The lowest BCUT2D eigenvalue weighted by atomic mass is 9.91. The molecule has 1 aliphatic rings. The van der Waals surface area contributed by atoms with E-state index in [0.717, 1.165) is 31.4 Å². The first-order valence-electron chi connectivity index (χ1n) is 7.00. The molecule has 1 saturated carbocycles. The van der Waals surface area contributed by atoms with Gasteiger partial charge in [0, 0.05) is 17.6 Å². The molecule has 0 bridgehead atoms. The van der Waals surface area contributed by atoms with Crippen molar-refractivity contribution in [1.29, 1.82) is 0 Å². The number of nitrogens with one attached hydrogen (secondary N) is 1. The van der Waals surface area contributed by atoms with Gasteiger partial charge >= 0.3 is 0 Å². The summed E-state index contributed by atoms with van der Waals surface area (Å²) in [4.78, 5) is 12.1. The van der Waals surface area contributed by atoms with Crippen LogP contribution in [0.25, 0.3) is 0 Å². The largest absolute Gasteiger partial charge is 0.494 e. The zero-order chi connectivity index (χ0) is 13.7. The minimum atomic E-state index is -0.0506. The number of nitrogens with two attached hydrogens (primary N) is 1. The van der Waals surface area contributed by atoms with Gasteiger partial charge in [0.05, 0.1) is 6.61 Å². The Balaban J connectivity index is 1.95. The monoisotopic (exact) mass is 262 g/mol. The molecule has 0 aromatic heterocycles. The van der Waals surface area contributed by atoms with Crippen LogP contribution >= 0.6 is 0 Å². The number of carbonyl (C=O) groups is 1. The SMILES string of the molecule is CCOc1ccc(C(=O)N[C@@H]2CCCC[C@@H]2N)cc1. The number of ether oxygens (including phenoxy) is 1. The van der Waals surface area contributed by atoms with Gasteiger partial charge in [0.25, 0.3) is 5.91 Å². The van der Waals surface area contributed by atoms with E-state index in [1.165, 1.54) is 0 Å². The topological polar surface area (TPSA) is 64.3 Å². The Labute approximate surface area is 114 Å². The second-order valence-electron chi connectivity index (χ2n) is 4.99. The highest BCUT2D eigenvalue weighted by Crippen LogP contribution is 2.18. The molecular weight excluding hydrogens is 240 g/mol. The molecule has 2 rings (SSSR count). The maximum absolute atomic E-state index is 12.1. The zero-order valence-corrected chi connectivity index (χ0v) is 11.4. The summed E-state index contributed by atoms with van der Waals surface area (Å²) in [6.45, 7) is 2.56. The lowest BCUT2D eigenvalue weighted by Gasteiger charge is -2.29. The quantitative estimate of drug-likeness (QED) is 0.873. The molecule has 4 heteroatoms. The smallest absolute Gasteiger partial charge is 0.251 e. The molecule has 1 aromatic rings. The number of hydrogen-bond acceptors (Lipinski definition) is 3. The lowest BCUT2D eigenvalue weighted by molar-refractivity contribution is 0.0921. The van der Waals surface area contributed by atoms with Crippen molar-refractivity contribution >= 4 is 5.91 Å². The van der Waals surface area contributed by atoms with Crippen LogP contribution < -0.4 is 15.8 Å². The minimum absolute atomic E-state index is 0.0506. The minimum Gasteiger partial charge on any atom is -0.494 e. The van der Waals surface area contributed by atoms with E-state index in [9.17, 15) is 4.79 Å². The highest BCUT2D eigenvalue weighted by Gasteiger charge is 2.23. The standard InChI is InChI=1S/C15H22N2O2/c1-2-19-12-9-7-11(8-10-12)15(18)17-14-6-4-3-5-13(14)16/h7-10,13-14H,2-6,16H2,1H3,(H,17,18)/t13-,14+/m0/s1. The van der Waals surface area contributed by atoms with E-state index in [1.54, 1.807) is 12.1 Å². The third-order valence-corrected chi connectivity index (χ3v) is 3.56. The Bertz CT molecular complexity index is 417. The molecule has 0 heterocycles. The summed E-state index contributed by atoms with van der Waals surface area (Å²) in [6, 6.07) is 7.40. The van der Waals surface area contributed by atoms with Crippen LogP contribution in [0.3, 0.4) is 0 Å². The van der Waals surface area contributed by atoms with Crippen LogP contribution in [0.5, 0.6) is 5.75 Å². The molecule has 4 nitrogen and oxygen atoms in total. The first-order valence-corrected chi connectivity index (χ1v) is 7.00. The second kappa shape index (κ2) is 6.57. The summed E-state index contributed by atoms with van der Waals surface area (Å²) in [6.07, 6.45) is 4.27. The Morgan fingerprint density at radius 1 is 1.32 bits per heavy atom. The van der Waals surface area contributed by atoms with Crippen LogP contribution in [-0.2, 0) is 0 Å². The van der Waals surface area contributed by atoms with Gasteiger partial charge in [0.15, 0.2) is 0 Å². The van der Waals surface area contributed by atoms with Crippen molar-refractivity contribution in [2.24, 2.45) is 5.73 Å². The fraction of sp³-hybridized carbons (Fsp3) is 0.533. The summed E-state index contributed by atoms with van der Waals surface area (Å²) >= 11 is 0. The molecule has 0 spiro atoms. The van der Waals surface area contributed by atoms with Gasteiger partial charge in [0.1, 0.15) is 5.75 Å². The van der Waals surface area contributed by atoms with Crippen LogP contribution in [0.1, 0.15) is 43.0 Å². The Morgan fingerprint density at radius 3 is 2.63 bits per heavy atom. The molecule has 104 valence electrons. The average molecular weight is 262 g/mol. The summed E-state index contributed by atoms with van der Waals surface area (Å²) in [5, 5.41) is 3.03. The van der Waals surface area contributed by atoms with Crippen LogP contribution in [-0.4, -0.2) is 24.6 Å². The number of rotatable bonds is 4. The average Bonchev–Trinajstić information content (AvgIpc) is 2.42. The second-order valence-corrected chi connectivity index (χ2v) is 4.99. The molecular formula is C15H22N2O2. The van der Waals surface area contributed by atoms with Gasteiger partial charge in [-0.15, -0.1) is 0 Å². The van der Waals surface area contributed by atoms with E-state index >= 15 is 0 Å². The van der Waals surface area contributed by atoms with Gasteiger partial charge in [-0.05, 0) is 44.0 Å². The normalized spacial score (nSPS) is 22.8. The van der Waals surface area contributed by atoms with E-state index in [0.29, 0.717) is 12.2 Å². The number of hydrogen-bond donors (Lipinski definition) is 2. The van der Waals surface area contributed by atoms with Gasteiger partial charge in [-0.25, -0.2) is 0 Å². The fourth-order valence-electron chi connectivity index (χ4n) is 2.46. The van der Waals surface area contributed by atoms with E-state index in [2.05, 4.69) is 5.32 Å². The third-order valence-electron chi connectivity index (χ3n) is 3.56. The van der Waals surface area contributed by atoms with Gasteiger partial charge in [-0.2, -0.15) is 0 Å². The van der Waals surface area contributed by atoms with Crippen molar-refractivity contribution in [3.63, 3.8) is 0 Å². The highest BCUT2D eigenvalue weighted by molar-refractivity contribution is 5.94. The first-order chi connectivity index (χ1) is 9.20. The highest BCUT2D eigenvalue weighted by atomic mass is 16.5. The summed E-state index contributed by atoms with van der Waals surface area (Å²) < 4.78 is 5.36. The van der Waals surface area contributed by atoms with Gasteiger partial charge in [0.2, 0.25) is 0 Å². The lowest BCUT2D eigenvalue weighted by Crippen LogP contribution is -2.49. The van der Waals surface area contributed by atoms with E-state index in [1.807, 2.05) is 19.1 Å². The van der Waals surface area contributed by atoms with Gasteiger partial charge < -0.3 is 15.8 Å². The van der Waals surface area contributed by atoms with Crippen LogP contribution in [0.15, 0.2) is 24.3 Å². The van der Waals surface area contributed by atoms with Crippen molar-refractivity contribution in [2.75, 3.05) is 6.61 Å². The van der Waals surface area contributed by atoms with Crippen molar-refractivity contribution in [3.8, 4) is 5.75 Å². The van der Waals surface area contributed by atoms with Gasteiger partial charge in [-0.1, -0.05) is 12.8 Å². The van der Waals surface area contributed by atoms with Crippen LogP contribution in [0, 0.1) is 0 Å². The Hall–Kier alpha value is -1.55. The summed E-state index contributed by atoms with van der Waals surface area (Å²) in [7, 11) is 0. The van der Waals surface area contributed by atoms with Crippen molar-refractivity contribution in [3.05, 3.63) is 29.8 Å². The Kier molecular flexibility index (Phi) is 4.80. The maximum Gasteiger partial charge on any atom is 0.251 e. The molecule has 0 aliphatic heterocycles. The van der Waals surface area contributed by atoms with E-state index < -0.39 is 0 Å². The number of carbonyl (C=O) groups excluding carboxylic acids is 1. The predicted molar refractivity (Wildman–Crippen MR) is 75.3 cm³/mol. The van der Waals surface area contributed by atoms with Crippen molar-refractivity contribution < 1.29 is 9.53 Å². The fourth-order valence-corrected chi connectivity index (χ4v) is 2.46. The van der Waals surface area contributed by atoms with Crippen LogP contribution in [0.4, 0.5) is 0 Å². The number of benzene rings is 1. The molecule has 1 aromatic carbocycles. The maximum atomic E-state index is 12.1. The van der Waals surface area contributed by atoms with E-state index in [-0.39, 0.29) is 18.0 Å². The van der Waals surface area contributed by atoms with E-state index in [4.69, 9.17) is 10.5 Å². The predicted octanol–water partition coefficient (Wildman–Crippen LogP) is 2.08. The molecule has 2 atom stereocenters. The molecule has 3 N–H and O–H groups in total. The zero-order valence-electron chi connectivity index (χ0n) is 11.4. The molecule has 1 fully saturated rings. The van der Waals surface area contributed by atoms with Crippen LogP contribution in [0.2, 0.25) is 0 Å². The molecule has 0 unspecified atom stereocenters. The molecule has 19 heavy (non-hydrogen) atoms. The first kappa shape index (κ1) is 13.9. The molecule has 0 saturated heterocycles. The number of amides is 1. The summed E-state index contributed by atoms with van der Waals surface area (Å²) in [5.41, 5.74) is 6.69. The summed E-state index contributed by atoms with van der Waals surface area (Å²) in [5.74, 6) is 0.735. The third kappa shape index (κ3) is 3.70.